The van der Waals surface area contributed by atoms with Gasteiger partial charge in [-0.2, -0.15) is 0 Å². The zero-order valence-corrected chi connectivity index (χ0v) is 8.40. The summed E-state index contributed by atoms with van der Waals surface area (Å²) in [5.41, 5.74) is 2.16. The average Bonchev–Trinajstić information content (AvgIpc) is 2.27. The van der Waals surface area contributed by atoms with Crippen molar-refractivity contribution < 1.29 is 9.90 Å². The van der Waals surface area contributed by atoms with E-state index < -0.39 is 5.97 Å². The second kappa shape index (κ2) is 3.69. The molecule has 3 heteroatoms. The van der Waals surface area contributed by atoms with Crippen LogP contribution in [-0.4, -0.2) is 16.1 Å². The van der Waals surface area contributed by atoms with Gasteiger partial charge in [-0.25, -0.2) is 4.79 Å². The van der Waals surface area contributed by atoms with Crippen LogP contribution in [0.25, 0.3) is 10.9 Å². The van der Waals surface area contributed by atoms with E-state index in [1.807, 2.05) is 6.07 Å². The normalized spacial score (nSPS) is 10.5. The Labute approximate surface area is 87.4 Å². The van der Waals surface area contributed by atoms with Crippen molar-refractivity contribution in [2.24, 2.45) is 0 Å². The van der Waals surface area contributed by atoms with Crippen LogP contribution < -0.4 is 0 Å². The highest BCUT2D eigenvalue weighted by molar-refractivity contribution is 5.93. The minimum absolute atomic E-state index is 0.277. The highest BCUT2D eigenvalue weighted by atomic mass is 16.4. The maximum atomic E-state index is 10.7. The Morgan fingerprint density at radius 1 is 1.40 bits per heavy atom. The van der Waals surface area contributed by atoms with Crippen LogP contribution in [0.2, 0.25) is 0 Å². The maximum absolute atomic E-state index is 10.7. The number of aromatic nitrogens is 1. The first-order valence-electron chi connectivity index (χ1n) is 4.82. The Bertz CT molecular complexity index is 520. The van der Waals surface area contributed by atoms with Gasteiger partial charge in [-0.1, -0.05) is 13.0 Å². The Kier molecular flexibility index (Phi) is 2.37. The summed E-state index contributed by atoms with van der Waals surface area (Å²) in [6, 6.07) is 7.03. The van der Waals surface area contributed by atoms with Gasteiger partial charge in [0, 0.05) is 11.6 Å². The van der Waals surface area contributed by atoms with Gasteiger partial charge in [-0.05, 0) is 30.2 Å². The van der Waals surface area contributed by atoms with Crippen LogP contribution in [-0.2, 0) is 6.42 Å². The van der Waals surface area contributed by atoms with Gasteiger partial charge in [-0.3, -0.25) is 4.98 Å². The van der Waals surface area contributed by atoms with Gasteiger partial charge in [0.05, 0.1) is 11.1 Å². The zero-order valence-electron chi connectivity index (χ0n) is 8.40. The second-order valence-corrected chi connectivity index (χ2v) is 3.41. The number of hydrogen-bond acceptors (Lipinski definition) is 2. The highest BCUT2D eigenvalue weighted by Gasteiger charge is 2.04. The first kappa shape index (κ1) is 9.65. The van der Waals surface area contributed by atoms with Crippen LogP contribution in [0.15, 0.2) is 30.5 Å². The third-order valence-corrected chi connectivity index (χ3v) is 2.40. The number of rotatable bonds is 2. The summed E-state index contributed by atoms with van der Waals surface area (Å²) in [6.45, 7) is 2.06. The topological polar surface area (TPSA) is 50.2 Å². The molecule has 0 saturated carbocycles. The molecule has 1 aromatic carbocycles. The molecule has 3 nitrogen and oxygen atoms in total. The summed E-state index contributed by atoms with van der Waals surface area (Å²) in [6.07, 6.45) is 2.72. The number of carbonyl (C=O) groups is 1. The average molecular weight is 201 g/mol. The fourth-order valence-electron chi connectivity index (χ4n) is 1.49. The number of carboxylic acid groups (broad SMARTS) is 1. The maximum Gasteiger partial charge on any atom is 0.335 e. The quantitative estimate of drug-likeness (QED) is 0.812. The summed E-state index contributed by atoms with van der Waals surface area (Å²) >= 11 is 0. The van der Waals surface area contributed by atoms with Gasteiger partial charge in [0.25, 0.3) is 0 Å². The molecule has 0 atom stereocenters. The molecule has 0 saturated heterocycles. The standard InChI is InChI=1S/C12H11NO2/c1-2-8-5-9-3-4-10(12(14)15)6-11(9)13-7-8/h3-7H,2H2,1H3,(H,14,15). The zero-order chi connectivity index (χ0) is 10.8. The lowest BCUT2D eigenvalue weighted by Crippen LogP contribution is -1.96. The van der Waals surface area contributed by atoms with Crippen molar-refractivity contribution in [3.8, 4) is 0 Å². The molecule has 2 aromatic rings. The van der Waals surface area contributed by atoms with Crippen molar-refractivity contribution in [1.82, 2.24) is 4.98 Å². The van der Waals surface area contributed by atoms with Gasteiger partial charge in [0.15, 0.2) is 0 Å². The molecule has 1 N–H and O–H groups in total. The predicted molar refractivity (Wildman–Crippen MR) is 58.1 cm³/mol. The first-order valence-corrected chi connectivity index (χ1v) is 4.82. The molecule has 0 unspecified atom stereocenters. The van der Waals surface area contributed by atoms with E-state index >= 15 is 0 Å². The fraction of sp³-hybridized carbons (Fsp3) is 0.167. The van der Waals surface area contributed by atoms with Crippen LogP contribution in [0.4, 0.5) is 0 Å². The molecule has 15 heavy (non-hydrogen) atoms. The number of benzene rings is 1. The monoisotopic (exact) mass is 201 g/mol. The molecule has 76 valence electrons. The lowest BCUT2D eigenvalue weighted by atomic mass is 10.1. The third-order valence-electron chi connectivity index (χ3n) is 2.40. The summed E-state index contributed by atoms with van der Waals surface area (Å²) < 4.78 is 0. The summed E-state index contributed by atoms with van der Waals surface area (Å²) in [7, 11) is 0. The van der Waals surface area contributed by atoms with Crippen LogP contribution in [0.1, 0.15) is 22.8 Å². The van der Waals surface area contributed by atoms with Crippen molar-refractivity contribution in [3.05, 3.63) is 41.6 Å². The third kappa shape index (κ3) is 1.81. The van der Waals surface area contributed by atoms with E-state index in [9.17, 15) is 4.79 Å². The number of nitrogens with zero attached hydrogens (tertiary/aromatic N) is 1. The van der Waals surface area contributed by atoms with Crippen LogP contribution >= 0.6 is 0 Å². The lowest BCUT2D eigenvalue weighted by molar-refractivity contribution is 0.0697. The van der Waals surface area contributed by atoms with E-state index in [1.165, 1.54) is 0 Å². The first-order chi connectivity index (χ1) is 7.20. The van der Waals surface area contributed by atoms with Gasteiger partial charge < -0.3 is 5.11 Å². The molecular weight excluding hydrogens is 190 g/mol. The molecule has 0 bridgehead atoms. The smallest absolute Gasteiger partial charge is 0.335 e. The summed E-state index contributed by atoms with van der Waals surface area (Å²) in [5, 5.41) is 9.80. The molecule has 0 radical (unpaired) electrons. The Hall–Kier alpha value is -1.90. The number of aryl methyl sites for hydroxylation is 1. The van der Waals surface area contributed by atoms with Crippen LogP contribution in [0.5, 0.6) is 0 Å². The fourth-order valence-corrected chi connectivity index (χ4v) is 1.49. The minimum atomic E-state index is -0.918. The largest absolute Gasteiger partial charge is 0.478 e. The van der Waals surface area contributed by atoms with Crippen molar-refractivity contribution in [2.45, 2.75) is 13.3 Å². The molecule has 0 spiro atoms. The van der Waals surface area contributed by atoms with Crippen molar-refractivity contribution >= 4 is 16.9 Å². The lowest BCUT2D eigenvalue weighted by Gasteiger charge is -2.01. The molecule has 1 heterocycles. The Morgan fingerprint density at radius 2 is 2.20 bits per heavy atom. The van der Waals surface area contributed by atoms with Crippen molar-refractivity contribution in [3.63, 3.8) is 0 Å². The molecule has 0 amide bonds. The molecule has 0 fully saturated rings. The molecular formula is C12H11NO2. The second-order valence-electron chi connectivity index (χ2n) is 3.41. The molecule has 2 rings (SSSR count). The predicted octanol–water partition coefficient (Wildman–Crippen LogP) is 2.50. The van der Waals surface area contributed by atoms with Crippen molar-refractivity contribution in [2.75, 3.05) is 0 Å². The Balaban J connectivity index is 2.59. The minimum Gasteiger partial charge on any atom is -0.478 e. The number of pyridine rings is 1. The summed E-state index contributed by atoms with van der Waals surface area (Å²) in [4.78, 5) is 15.0. The van der Waals surface area contributed by atoms with E-state index in [0.717, 1.165) is 22.9 Å². The molecule has 0 aliphatic heterocycles. The van der Waals surface area contributed by atoms with E-state index in [-0.39, 0.29) is 5.56 Å². The van der Waals surface area contributed by atoms with Gasteiger partial charge in [0.2, 0.25) is 0 Å². The van der Waals surface area contributed by atoms with E-state index in [4.69, 9.17) is 5.11 Å². The summed E-state index contributed by atoms with van der Waals surface area (Å²) in [5.74, 6) is -0.918. The highest BCUT2D eigenvalue weighted by Crippen LogP contribution is 2.15. The van der Waals surface area contributed by atoms with Crippen LogP contribution in [0, 0.1) is 0 Å². The van der Waals surface area contributed by atoms with E-state index in [1.54, 1.807) is 24.4 Å². The van der Waals surface area contributed by atoms with E-state index in [2.05, 4.69) is 11.9 Å². The van der Waals surface area contributed by atoms with Gasteiger partial charge >= 0.3 is 5.97 Å². The SMILES string of the molecule is CCc1cnc2cc(C(=O)O)ccc2c1. The number of fused-ring (bicyclic) bond motifs is 1. The molecule has 0 aliphatic carbocycles. The molecule has 0 aliphatic rings. The van der Waals surface area contributed by atoms with Crippen molar-refractivity contribution in [1.29, 1.82) is 0 Å². The van der Waals surface area contributed by atoms with Crippen LogP contribution in [0.3, 0.4) is 0 Å². The molecule has 1 aromatic heterocycles. The van der Waals surface area contributed by atoms with E-state index in [0.29, 0.717) is 0 Å². The van der Waals surface area contributed by atoms with Gasteiger partial charge in [0.1, 0.15) is 0 Å². The number of hydrogen-bond donors (Lipinski definition) is 1. The van der Waals surface area contributed by atoms with Gasteiger partial charge in [-0.15, -0.1) is 0 Å². The number of carboxylic acids is 1. The Morgan fingerprint density at radius 3 is 2.87 bits per heavy atom. The number of aromatic carboxylic acids is 1.